The zero-order chi connectivity index (χ0) is 18.9. The highest BCUT2D eigenvalue weighted by Gasteiger charge is 2.34. The molecule has 3 rings (SSSR count). The predicted octanol–water partition coefficient (Wildman–Crippen LogP) is 2.81. The smallest absolute Gasteiger partial charge is 0.327 e. The second kappa shape index (κ2) is 6.60. The summed E-state index contributed by atoms with van der Waals surface area (Å²) in [5.74, 6) is 0. The minimum Gasteiger partial charge on any atom is -0.327 e. The van der Waals surface area contributed by atoms with Crippen LogP contribution in [0, 0.1) is 0 Å². The molecule has 0 saturated carbocycles. The first-order chi connectivity index (χ1) is 12.2. The third-order valence-electron chi connectivity index (χ3n) is 3.97. The van der Waals surface area contributed by atoms with Crippen molar-refractivity contribution in [3.8, 4) is 0 Å². The van der Waals surface area contributed by atoms with Crippen molar-refractivity contribution in [3.05, 3.63) is 47.8 Å². The average molecular weight is 385 g/mol. The Labute approximate surface area is 147 Å². The number of aromatic nitrogens is 1. The Bertz CT molecular complexity index is 945. The standard InChI is InChI=1S/C16H14F3N3O3S/c17-16(18,19)11-3-1-4-13(7-11)26(24,25)22-6-2-5-14-15(22)8-12(9-20-14)21-10-23/h1,3-4,7-10H,2,5-6H2,(H,21,23). The minimum absolute atomic E-state index is 0.109. The molecule has 0 bridgehead atoms. The number of rotatable bonds is 4. The number of carbonyl (C=O) groups excluding carboxylic acids is 1. The largest absolute Gasteiger partial charge is 0.416 e. The van der Waals surface area contributed by atoms with E-state index in [0.717, 1.165) is 22.5 Å². The second-order valence-electron chi connectivity index (χ2n) is 5.66. The van der Waals surface area contributed by atoms with Crippen LogP contribution in [-0.2, 0) is 27.4 Å². The summed E-state index contributed by atoms with van der Waals surface area (Å²) in [6, 6.07) is 5.06. The third-order valence-corrected chi connectivity index (χ3v) is 5.77. The molecule has 1 N–H and O–H groups in total. The molecule has 6 nitrogen and oxygen atoms in total. The molecule has 2 heterocycles. The molecule has 0 fully saturated rings. The summed E-state index contributed by atoms with van der Waals surface area (Å²) in [5, 5.41) is 2.39. The lowest BCUT2D eigenvalue weighted by Gasteiger charge is -2.30. The summed E-state index contributed by atoms with van der Waals surface area (Å²) in [5.41, 5.74) is 0.0129. The summed E-state index contributed by atoms with van der Waals surface area (Å²) >= 11 is 0. The molecular weight excluding hydrogens is 371 g/mol. The number of nitrogens with one attached hydrogen (secondary N) is 1. The number of anilines is 2. The number of pyridine rings is 1. The van der Waals surface area contributed by atoms with Crippen molar-refractivity contribution in [1.29, 1.82) is 0 Å². The van der Waals surface area contributed by atoms with E-state index in [1.807, 2.05) is 0 Å². The van der Waals surface area contributed by atoms with Crippen LogP contribution in [0.25, 0.3) is 0 Å². The Balaban J connectivity index is 2.07. The monoisotopic (exact) mass is 385 g/mol. The Kier molecular flexibility index (Phi) is 4.61. The predicted molar refractivity (Wildman–Crippen MR) is 88.2 cm³/mol. The molecular formula is C16H14F3N3O3S. The number of aryl methyl sites for hydroxylation is 1. The second-order valence-corrected chi connectivity index (χ2v) is 7.52. The zero-order valence-corrected chi connectivity index (χ0v) is 14.1. The van der Waals surface area contributed by atoms with Crippen LogP contribution < -0.4 is 9.62 Å². The van der Waals surface area contributed by atoms with Crippen molar-refractivity contribution in [3.63, 3.8) is 0 Å². The maximum atomic E-state index is 12.9. The quantitative estimate of drug-likeness (QED) is 0.821. The molecule has 0 spiro atoms. The molecule has 0 saturated heterocycles. The molecule has 26 heavy (non-hydrogen) atoms. The van der Waals surface area contributed by atoms with E-state index in [-0.39, 0.29) is 12.2 Å². The van der Waals surface area contributed by atoms with Crippen molar-refractivity contribution in [2.45, 2.75) is 23.9 Å². The number of hydrogen-bond acceptors (Lipinski definition) is 4. The summed E-state index contributed by atoms with van der Waals surface area (Å²) in [4.78, 5) is 14.3. The fourth-order valence-electron chi connectivity index (χ4n) is 2.76. The number of carbonyl (C=O) groups is 1. The van der Waals surface area contributed by atoms with Crippen LogP contribution in [0.1, 0.15) is 17.7 Å². The molecule has 1 aromatic carbocycles. The van der Waals surface area contributed by atoms with Gasteiger partial charge in [0.15, 0.2) is 0 Å². The fourth-order valence-corrected chi connectivity index (χ4v) is 4.32. The van der Waals surface area contributed by atoms with Gasteiger partial charge in [0.2, 0.25) is 6.41 Å². The van der Waals surface area contributed by atoms with Gasteiger partial charge in [0.1, 0.15) is 0 Å². The van der Waals surface area contributed by atoms with Gasteiger partial charge in [-0.25, -0.2) is 8.42 Å². The molecule has 1 aromatic heterocycles. The van der Waals surface area contributed by atoms with Crippen molar-refractivity contribution >= 4 is 27.8 Å². The maximum absolute atomic E-state index is 12.9. The van der Waals surface area contributed by atoms with Gasteiger partial charge in [-0.05, 0) is 37.1 Å². The lowest BCUT2D eigenvalue weighted by atomic mass is 10.1. The SMILES string of the molecule is O=CNc1cnc2c(c1)N(S(=O)(=O)c1cccc(C(F)(F)F)c1)CCC2. The molecule has 1 amide bonds. The summed E-state index contributed by atoms with van der Waals surface area (Å²) in [6.45, 7) is 0.109. The van der Waals surface area contributed by atoms with Gasteiger partial charge < -0.3 is 5.32 Å². The van der Waals surface area contributed by atoms with E-state index in [1.54, 1.807) is 0 Å². The molecule has 0 radical (unpaired) electrons. The molecule has 1 aliphatic rings. The molecule has 1 aliphatic heterocycles. The summed E-state index contributed by atoms with van der Waals surface area (Å²) in [7, 11) is -4.21. The Morgan fingerprint density at radius 3 is 2.69 bits per heavy atom. The zero-order valence-electron chi connectivity index (χ0n) is 13.3. The highest BCUT2D eigenvalue weighted by molar-refractivity contribution is 7.92. The van der Waals surface area contributed by atoms with Gasteiger partial charge >= 0.3 is 6.18 Å². The maximum Gasteiger partial charge on any atom is 0.416 e. The molecule has 2 aromatic rings. The molecule has 10 heteroatoms. The van der Waals surface area contributed by atoms with Gasteiger partial charge in [0, 0.05) is 6.54 Å². The fraction of sp³-hybridized carbons (Fsp3) is 0.250. The van der Waals surface area contributed by atoms with E-state index in [9.17, 15) is 26.4 Å². The van der Waals surface area contributed by atoms with E-state index in [4.69, 9.17) is 0 Å². The Morgan fingerprint density at radius 1 is 1.23 bits per heavy atom. The number of halogens is 3. The van der Waals surface area contributed by atoms with Crippen LogP contribution in [0.3, 0.4) is 0 Å². The van der Waals surface area contributed by atoms with Crippen LogP contribution >= 0.6 is 0 Å². The summed E-state index contributed by atoms with van der Waals surface area (Å²) in [6.07, 6.45) is -1.80. The number of nitrogens with zero attached hydrogens (tertiary/aromatic N) is 2. The topological polar surface area (TPSA) is 79.4 Å². The number of alkyl halides is 3. The number of sulfonamides is 1. The van der Waals surface area contributed by atoms with Gasteiger partial charge in [-0.1, -0.05) is 6.07 Å². The lowest BCUT2D eigenvalue weighted by Crippen LogP contribution is -2.36. The van der Waals surface area contributed by atoms with Gasteiger partial charge in [-0.15, -0.1) is 0 Å². The number of fused-ring (bicyclic) bond motifs is 1. The molecule has 0 unspecified atom stereocenters. The average Bonchev–Trinajstić information content (AvgIpc) is 2.61. The van der Waals surface area contributed by atoms with Crippen molar-refractivity contribution in [2.24, 2.45) is 0 Å². The molecule has 138 valence electrons. The van der Waals surface area contributed by atoms with Crippen LogP contribution in [0.15, 0.2) is 41.4 Å². The first-order valence-electron chi connectivity index (χ1n) is 7.62. The van der Waals surface area contributed by atoms with Crippen LogP contribution in [-0.4, -0.2) is 26.4 Å². The lowest BCUT2D eigenvalue weighted by molar-refractivity contribution is -0.137. The molecule has 0 aliphatic carbocycles. The van der Waals surface area contributed by atoms with E-state index >= 15 is 0 Å². The number of amides is 1. The van der Waals surface area contributed by atoms with Gasteiger partial charge in [-0.2, -0.15) is 13.2 Å². The van der Waals surface area contributed by atoms with Crippen molar-refractivity contribution < 1.29 is 26.4 Å². The van der Waals surface area contributed by atoms with Gasteiger partial charge in [0.05, 0.1) is 33.7 Å². The van der Waals surface area contributed by atoms with Gasteiger partial charge in [-0.3, -0.25) is 14.1 Å². The van der Waals surface area contributed by atoms with E-state index in [1.165, 1.54) is 12.3 Å². The van der Waals surface area contributed by atoms with Gasteiger partial charge in [0.25, 0.3) is 10.0 Å². The summed E-state index contributed by atoms with van der Waals surface area (Å²) < 4.78 is 65.7. The van der Waals surface area contributed by atoms with E-state index in [0.29, 0.717) is 36.7 Å². The minimum atomic E-state index is -4.64. The van der Waals surface area contributed by atoms with Crippen LogP contribution in [0.4, 0.5) is 24.5 Å². The Morgan fingerprint density at radius 2 is 2.00 bits per heavy atom. The third kappa shape index (κ3) is 3.36. The Hall–Kier alpha value is -2.62. The van der Waals surface area contributed by atoms with E-state index in [2.05, 4.69) is 10.3 Å². The van der Waals surface area contributed by atoms with Crippen LogP contribution in [0.5, 0.6) is 0 Å². The van der Waals surface area contributed by atoms with Crippen molar-refractivity contribution in [1.82, 2.24) is 4.98 Å². The first kappa shape index (κ1) is 18.2. The normalized spacial score (nSPS) is 14.7. The highest BCUT2D eigenvalue weighted by Crippen LogP contribution is 2.35. The van der Waals surface area contributed by atoms with Crippen LogP contribution in [0.2, 0.25) is 0 Å². The highest BCUT2D eigenvalue weighted by atomic mass is 32.2. The molecule has 0 atom stereocenters. The number of benzene rings is 1. The first-order valence-corrected chi connectivity index (χ1v) is 9.06. The number of hydrogen-bond donors (Lipinski definition) is 1. The van der Waals surface area contributed by atoms with Crippen molar-refractivity contribution in [2.75, 3.05) is 16.2 Å². The van der Waals surface area contributed by atoms with E-state index < -0.39 is 26.7 Å².